The molecule has 2 aromatic carbocycles. The van der Waals surface area contributed by atoms with E-state index in [1.54, 1.807) is 6.07 Å². The molecular formula is C31H43Cl2FN4O4. The van der Waals surface area contributed by atoms with Crippen molar-refractivity contribution in [3.63, 3.8) is 0 Å². The van der Waals surface area contributed by atoms with Crippen molar-refractivity contribution in [2.75, 3.05) is 70.5 Å². The average molecular weight is 626 g/mol. The number of halogens is 3. The lowest BCUT2D eigenvalue weighted by Gasteiger charge is -2.33. The molecule has 4 aliphatic heterocycles. The molecule has 8 nitrogen and oxygen atoms in total. The van der Waals surface area contributed by atoms with Crippen LogP contribution < -0.4 is 25.0 Å². The smallest absolute Gasteiger partial charge is 0.253 e. The van der Waals surface area contributed by atoms with Crippen molar-refractivity contribution < 1.29 is 23.4 Å². The van der Waals surface area contributed by atoms with Gasteiger partial charge in [-0.25, -0.2) is 4.39 Å². The van der Waals surface area contributed by atoms with Crippen molar-refractivity contribution in [2.45, 2.75) is 50.2 Å². The third-order valence-electron chi connectivity index (χ3n) is 8.60. The Bertz CT molecular complexity index is 1170. The molecule has 2 N–H and O–H groups in total. The maximum atomic E-state index is 14.4. The maximum Gasteiger partial charge on any atom is 0.253 e. The quantitative estimate of drug-likeness (QED) is 0.473. The lowest BCUT2D eigenvalue weighted by atomic mass is 9.89. The van der Waals surface area contributed by atoms with Gasteiger partial charge in [-0.05, 0) is 61.6 Å². The maximum absolute atomic E-state index is 14.4. The number of amides is 1. The Kier molecular flexibility index (Phi) is 12.0. The van der Waals surface area contributed by atoms with Gasteiger partial charge in [0, 0.05) is 95.3 Å². The lowest BCUT2D eigenvalue weighted by Crippen LogP contribution is -2.43. The van der Waals surface area contributed by atoms with Crippen LogP contribution in [0.5, 0.6) is 11.5 Å². The molecule has 0 aromatic heterocycles. The number of carbonyl (C=O) groups is 1. The predicted molar refractivity (Wildman–Crippen MR) is 167 cm³/mol. The SMILES string of the molecule is Cl.Cl.O=C(c1ccc(O[C@H]2CCNC2)c(C2CCOCC2)c1)N1CCC(Oc2cc(F)cc(N3CCNCC3)c2)CC1. The zero-order chi connectivity index (χ0) is 27.3. The Balaban J connectivity index is 0.00000202. The number of benzene rings is 2. The first kappa shape index (κ1) is 32.6. The third kappa shape index (κ3) is 7.99. The molecule has 0 bridgehead atoms. The summed E-state index contributed by atoms with van der Waals surface area (Å²) in [4.78, 5) is 17.7. The molecule has 6 rings (SSSR count). The van der Waals surface area contributed by atoms with E-state index in [1.807, 2.05) is 23.1 Å². The number of carbonyl (C=O) groups excluding carboxylic acids is 1. The Hall–Kier alpha value is -2.30. The highest BCUT2D eigenvalue weighted by molar-refractivity contribution is 5.94. The predicted octanol–water partition coefficient (Wildman–Crippen LogP) is 4.40. The minimum absolute atomic E-state index is 0. The summed E-state index contributed by atoms with van der Waals surface area (Å²) in [5.41, 5.74) is 2.70. The number of likely N-dealkylation sites (tertiary alicyclic amines) is 1. The summed E-state index contributed by atoms with van der Waals surface area (Å²) in [6.45, 7) is 8.03. The summed E-state index contributed by atoms with van der Waals surface area (Å²) in [5.74, 6) is 1.57. The first-order valence-electron chi connectivity index (χ1n) is 14.9. The van der Waals surface area contributed by atoms with Gasteiger partial charge in [-0.15, -0.1) is 24.8 Å². The van der Waals surface area contributed by atoms with Crippen LogP contribution in [0, 0.1) is 5.82 Å². The topological polar surface area (TPSA) is 75.3 Å². The molecular weight excluding hydrogens is 582 g/mol. The van der Waals surface area contributed by atoms with Gasteiger partial charge >= 0.3 is 0 Å². The van der Waals surface area contributed by atoms with E-state index in [0.29, 0.717) is 43.2 Å². The first-order chi connectivity index (χ1) is 19.6. The Morgan fingerprint density at radius 3 is 2.31 bits per heavy atom. The average Bonchev–Trinajstić information content (AvgIpc) is 3.51. The molecule has 4 saturated heterocycles. The van der Waals surface area contributed by atoms with Crippen molar-refractivity contribution in [1.82, 2.24) is 15.5 Å². The fraction of sp³-hybridized carbons (Fsp3) is 0.581. The fourth-order valence-electron chi connectivity index (χ4n) is 6.30. The standard InChI is InChI=1S/C31H41FN4O4.2ClH/c32-24-18-25(35-13-9-33-10-14-35)20-28(19-24)39-26-4-11-36(12-5-26)31(37)23-1-2-30(40-27-3-8-34-21-27)29(17-23)22-6-15-38-16-7-22;;/h1-2,17-20,22,26-27,33-34H,3-16,21H2;2*1H/t27-;;/m0../s1. The van der Waals surface area contributed by atoms with Crippen molar-refractivity contribution in [1.29, 1.82) is 0 Å². The lowest BCUT2D eigenvalue weighted by molar-refractivity contribution is 0.0595. The number of rotatable bonds is 7. The van der Waals surface area contributed by atoms with Gasteiger partial charge in [-0.2, -0.15) is 0 Å². The van der Waals surface area contributed by atoms with E-state index in [9.17, 15) is 9.18 Å². The van der Waals surface area contributed by atoms with E-state index in [0.717, 1.165) is 88.7 Å². The minimum Gasteiger partial charge on any atom is -0.490 e. The Morgan fingerprint density at radius 1 is 0.833 bits per heavy atom. The number of piperidine rings is 1. The van der Waals surface area contributed by atoms with Gasteiger partial charge in [-0.3, -0.25) is 4.79 Å². The van der Waals surface area contributed by atoms with Crippen LogP contribution in [0.1, 0.15) is 53.9 Å². The molecule has 4 heterocycles. The number of ether oxygens (including phenoxy) is 3. The normalized spacial score (nSPS) is 21.8. The number of hydrogen-bond donors (Lipinski definition) is 2. The molecule has 11 heteroatoms. The van der Waals surface area contributed by atoms with Crippen molar-refractivity contribution in [3.8, 4) is 11.5 Å². The van der Waals surface area contributed by atoms with Gasteiger partial charge in [0.05, 0.1) is 0 Å². The second kappa shape index (κ2) is 15.4. The van der Waals surface area contributed by atoms with Gasteiger partial charge in [-0.1, -0.05) is 0 Å². The Labute approximate surface area is 260 Å². The van der Waals surface area contributed by atoms with E-state index in [4.69, 9.17) is 14.2 Å². The summed E-state index contributed by atoms with van der Waals surface area (Å²) in [5, 5.41) is 6.69. The molecule has 0 spiro atoms. The van der Waals surface area contributed by atoms with Crippen LogP contribution in [0.4, 0.5) is 10.1 Å². The van der Waals surface area contributed by atoms with E-state index in [-0.39, 0.29) is 48.7 Å². The molecule has 0 radical (unpaired) electrons. The third-order valence-corrected chi connectivity index (χ3v) is 8.60. The molecule has 42 heavy (non-hydrogen) atoms. The van der Waals surface area contributed by atoms with Crippen LogP contribution >= 0.6 is 24.8 Å². The van der Waals surface area contributed by atoms with E-state index in [1.165, 1.54) is 6.07 Å². The van der Waals surface area contributed by atoms with E-state index < -0.39 is 0 Å². The molecule has 2 aromatic rings. The highest BCUT2D eigenvalue weighted by Gasteiger charge is 2.28. The van der Waals surface area contributed by atoms with Gasteiger partial charge in [0.1, 0.15) is 29.5 Å². The van der Waals surface area contributed by atoms with Crippen LogP contribution in [-0.2, 0) is 4.74 Å². The van der Waals surface area contributed by atoms with Gasteiger partial charge in [0.15, 0.2) is 0 Å². The molecule has 0 aliphatic carbocycles. The zero-order valence-corrected chi connectivity index (χ0v) is 25.7. The number of hydrogen-bond acceptors (Lipinski definition) is 7. The number of nitrogens with one attached hydrogen (secondary N) is 2. The van der Waals surface area contributed by atoms with Crippen LogP contribution in [0.2, 0.25) is 0 Å². The van der Waals surface area contributed by atoms with Gasteiger partial charge < -0.3 is 34.6 Å². The molecule has 232 valence electrons. The summed E-state index contributed by atoms with van der Waals surface area (Å²) in [6, 6.07) is 10.9. The largest absolute Gasteiger partial charge is 0.490 e. The molecule has 1 amide bonds. The van der Waals surface area contributed by atoms with Gasteiger partial charge in [0.2, 0.25) is 0 Å². The minimum atomic E-state index is -0.282. The number of nitrogens with zero attached hydrogens (tertiary/aromatic N) is 2. The van der Waals surface area contributed by atoms with Crippen molar-refractivity contribution in [3.05, 3.63) is 53.3 Å². The Morgan fingerprint density at radius 2 is 1.60 bits per heavy atom. The summed E-state index contributed by atoms with van der Waals surface area (Å²) in [7, 11) is 0. The first-order valence-corrected chi connectivity index (χ1v) is 14.9. The molecule has 4 fully saturated rings. The zero-order valence-electron chi connectivity index (χ0n) is 24.0. The van der Waals surface area contributed by atoms with E-state index in [2.05, 4.69) is 21.6 Å². The van der Waals surface area contributed by atoms with Crippen molar-refractivity contribution in [2.24, 2.45) is 0 Å². The molecule has 0 unspecified atom stereocenters. The molecule has 4 aliphatic rings. The number of piperazine rings is 1. The van der Waals surface area contributed by atoms with Crippen LogP contribution in [0.25, 0.3) is 0 Å². The van der Waals surface area contributed by atoms with E-state index >= 15 is 0 Å². The van der Waals surface area contributed by atoms with Crippen LogP contribution in [0.3, 0.4) is 0 Å². The van der Waals surface area contributed by atoms with Crippen LogP contribution in [0.15, 0.2) is 36.4 Å². The fourth-order valence-corrected chi connectivity index (χ4v) is 6.30. The molecule has 0 saturated carbocycles. The second-order valence-electron chi connectivity index (χ2n) is 11.4. The number of anilines is 1. The molecule has 1 atom stereocenters. The highest BCUT2D eigenvalue weighted by atomic mass is 35.5. The second-order valence-corrected chi connectivity index (χ2v) is 11.4. The van der Waals surface area contributed by atoms with Gasteiger partial charge in [0.25, 0.3) is 5.91 Å². The highest BCUT2D eigenvalue weighted by Crippen LogP contribution is 2.36. The van der Waals surface area contributed by atoms with Crippen molar-refractivity contribution >= 4 is 36.4 Å². The summed E-state index contributed by atoms with van der Waals surface area (Å²) in [6.07, 6.45) is 4.44. The van der Waals surface area contributed by atoms with Crippen LogP contribution in [-0.4, -0.2) is 88.6 Å². The summed E-state index contributed by atoms with van der Waals surface area (Å²) < 4.78 is 32.6. The summed E-state index contributed by atoms with van der Waals surface area (Å²) >= 11 is 0. The monoisotopic (exact) mass is 624 g/mol.